The molecule has 0 atom stereocenters. The number of nitriles is 2. The maximum atomic E-state index is 14.2. The van der Waals surface area contributed by atoms with Gasteiger partial charge in [0.05, 0.1) is 57.8 Å². The van der Waals surface area contributed by atoms with Crippen LogP contribution in [-0.4, -0.2) is 28.7 Å². The molecule has 4 aromatic carbocycles. The van der Waals surface area contributed by atoms with Gasteiger partial charge in [-0.15, -0.1) is 0 Å². The van der Waals surface area contributed by atoms with Gasteiger partial charge in [0.15, 0.2) is 11.3 Å². The largest absolute Gasteiger partial charge is 0.416 e. The minimum atomic E-state index is -4.63. The first-order valence-electron chi connectivity index (χ1n) is 17.9. The Morgan fingerprint density at radius 2 is 1.28 bits per heavy atom. The van der Waals surface area contributed by atoms with Crippen molar-refractivity contribution in [1.82, 2.24) is 28.7 Å². The lowest BCUT2D eigenvalue weighted by Gasteiger charge is -2.10. The van der Waals surface area contributed by atoms with Crippen molar-refractivity contribution >= 4 is 38.3 Å². The van der Waals surface area contributed by atoms with E-state index in [9.17, 15) is 36.8 Å². The molecular weight excluding hydrogens is 847 g/mol. The first-order chi connectivity index (χ1) is 28.6. The predicted octanol–water partition coefficient (Wildman–Crippen LogP) is 9.31. The number of fused-ring (bicyclic) bond motifs is 2. The lowest BCUT2D eigenvalue weighted by atomic mass is 10.1. The Morgan fingerprint density at radius 1 is 0.717 bits per heavy atom. The van der Waals surface area contributed by atoms with E-state index in [1.165, 1.54) is 26.8 Å². The van der Waals surface area contributed by atoms with Crippen LogP contribution in [0.3, 0.4) is 0 Å². The van der Waals surface area contributed by atoms with Crippen LogP contribution in [0, 0.1) is 41.2 Å². The van der Waals surface area contributed by atoms with Crippen LogP contribution in [0.4, 0.5) is 22.0 Å². The maximum Gasteiger partial charge on any atom is 0.416 e. The average molecular weight is 880 g/mol. The lowest BCUT2D eigenvalue weighted by Crippen LogP contribution is -2.23. The fourth-order valence-electron chi connectivity index (χ4n) is 6.28. The van der Waals surface area contributed by atoms with E-state index in [0.29, 0.717) is 62.2 Å². The van der Waals surface area contributed by atoms with Gasteiger partial charge < -0.3 is 4.98 Å². The van der Waals surface area contributed by atoms with Gasteiger partial charge in [0.2, 0.25) is 0 Å². The number of hydrogen-bond donors (Lipinski definition) is 1. The smallest absolute Gasteiger partial charge is 0.304 e. The molecular formula is C44H32BrF5N8O2. The molecule has 60 heavy (non-hydrogen) atoms. The number of rotatable bonds is 5. The fraction of sp³-hybridized carbons (Fsp3) is 0.136. The molecule has 4 heterocycles. The first-order valence-corrected chi connectivity index (χ1v) is 19.0. The van der Waals surface area contributed by atoms with Crippen molar-refractivity contribution in [2.24, 2.45) is 14.1 Å². The number of pyridine rings is 2. The van der Waals surface area contributed by atoms with Gasteiger partial charge in [0, 0.05) is 36.1 Å². The summed E-state index contributed by atoms with van der Waals surface area (Å²) >= 11 is 3.20. The van der Waals surface area contributed by atoms with Gasteiger partial charge in [-0.05, 0) is 73.2 Å². The summed E-state index contributed by atoms with van der Waals surface area (Å²) in [5.74, 6) is -0.980. The van der Waals surface area contributed by atoms with Crippen molar-refractivity contribution in [2.75, 3.05) is 0 Å². The Balaban J connectivity index is 0.000000175. The summed E-state index contributed by atoms with van der Waals surface area (Å²) in [5, 5.41) is 19.0. The van der Waals surface area contributed by atoms with Gasteiger partial charge >= 0.3 is 17.6 Å². The minimum absolute atomic E-state index is 0.137. The highest BCUT2D eigenvalue weighted by Gasteiger charge is 2.31. The number of H-pyrrole nitrogens is 1. The lowest BCUT2D eigenvalue weighted by molar-refractivity contribution is -0.137. The number of aromatic nitrogens is 6. The quantitative estimate of drug-likeness (QED) is 0.135. The second-order valence-electron chi connectivity index (χ2n) is 13.4. The Labute approximate surface area is 347 Å². The van der Waals surface area contributed by atoms with E-state index in [4.69, 9.17) is 5.26 Å². The number of aryl methyl sites for hydroxylation is 3. The minimum Gasteiger partial charge on any atom is -0.304 e. The third kappa shape index (κ3) is 8.94. The van der Waals surface area contributed by atoms with E-state index < -0.39 is 23.2 Å². The zero-order valence-corrected chi connectivity index (χ0v) is 33.6. The number of aromatic amines is 1. The molecule has 0 aliphatic rings. The highest BCUT2D eigenvalue weighted by molar-refractivity contribution is 9.08. The number of halogens is 6. The Morgan fingerprint density at radius 3 is 1.87 bits per heavy atom. The summed E-state index contributed by atoms with van der Waals surface area (Å²) in [5.41, 5.74) is 5.13. The number of benzene rings is 4. The zero-order valence-electron chi connectivity index (χ0n) is 32.0. The van der Waals surface area contributed by atoms with Crippen molar-refractivity contribution in [3.05, 3.63) is 175 Å². The summed E-state index contributed by atoms with van der Waals surface area (Å²) < 4.78 is 69.9. The van der Waals surface area contributed by atoms with Crippen LogP contribution in [0.1, 0.15) is 33.4 Å². The predicted molar refractivity (Wildman–Crippen MR) is 221 cm³/mol. The van der Waals surface area contributed by atoms with E-state index >= 15 is 0 Å². The topological polar surface area (TPSA) is 138 Å². The molecule has 0 saturated carbocycles. The van der Waals surface area contributed by atoms with Gasteiger partial charge in [0.1, 0.15) is 11.6 Å². The van der Waals surface area contributed by atoms with Gasteiger partial charge in [-0.25, -0.2) is 28.3 Å². The molecule has 0 aliphatic carbocycles. The molecule has 0 radical (unpaired) electrons. The SMILES string of the molecule is Cc1ccc(F)c(CBr)c1.Cn1c(=O)[nH]c2ccc(-c3ccccc3C#N)nc21.Cn1c(=O)n(Cc2cc(C(F)(F)F)ccc2F)c2ccc(-c3ccccc3C#N)nc21. The average Bonchev–Trinajstić information content (AvgIpc) is 3.67. The fourth-order valence-corrected chi connectivity index (χ4v) is 6.71. The monoisotopic (exact) mass is 878 g/mol. The van der Waals surface area contributed by atoms with E-state index in [0.717, 1.165) is 22.8 Å². The standard InChI is InChI=1S/C22H14F4N4O.C14H10N4O.C8H8BrF/c1-29-20-19(9-8-18(28-20)16-5-3-2-4-13(16)11-27)30(21(29)31)12-14-10-15(22(24,25)26)6-7-17(14)23;1-18-13-12(17-14(18)19)7-6-11(16-13)10-5-3-2-4-9(10)8-15;1-6-2-3-8(10)7(4-6)5-9/h2-10H,12H2,1H3;2-7H,1H3,(H,17,19);2-4H,5H2,1H3. The number of imidazole rings is 2. The van der Waals surface area contributed by atoms with Crippen molar-refractivity contribution in [3.8, 4) is 34.7 Å². The van der Waals surface area contributed by atoms with Gasteiger partial charge in [0.25, 0.3) is 0 Å². The third-order valence-corrected chi connectivity index (χ3v) is 10.0. The highest BCUT2D eigenvalue weighted by Crippen LogP contribution is 2.31. The Kier molecular flexibility index (Phi) is 12.6. The summed E-state index contributed by atoms with van der Waals surface area (Å²) in [6, 6.07) is 32.3. The van der Waals surface area contributed by atoms with Gasteiger partial charge in [-0.1, -0.05) is 70.0 Å². The molecule has 4 aromatic heterocycles. The van der Waals surface area contributed by atoms with Crippen LogP contribution in [0.15, 0.2) is 119 Å². The normalized spacial score (nSPS) is 11.0. The first kappa shape index (κ1) is 42.4. The molecule has 10 nitrogen and oxygen atoms in total. The van der Waals surface area contributed by atoms with Crippen LogP contribution in [0.5, 0.6) is 0 Å². The summed E-state index contributed by atoms with van der Waals surface area (Å²) in [6.07, 6.45) is -4.63. The Bertz CT molecular complexity index is 3100. The number of alkyl halides is 4. The molecule has 0 bridgehead atoms. The molecule has 16 heteroatoms. The molecule has 0 unspecified atom stereocenters. The second kappa shape index (κ2) is 17.8. The highest BCUT2D eigenvalue weighted by atomic mass is 79.9. The Hall–Kier alpha value is -7.17. The van der Waals surface area contributed by atoms with Crippen molar-refractivity contribution < 1.29 is 22.0 Å². The third-order valence-electron chi connectivity index (χ3n) is 9.41. The molecule has 8 aromatic rings. The van der Waals surface area contributed by atoms with Crippen LogP contribution < -0.4 is 11.4 Å². The zero-order chi connectivity index (χ0) is 43.3. The van der Waals surface area contributed by atoms with Crippen molar-refractivity contribution in [2.45, 2.75) is 25.0 Å². The van der Waals surface area contributed by atoms with Crippen LogP contribution in [0.25, 0.3) is 44.8 Å². The maximum absolute atomic E-state index is 14.2. The summed E-state index contributed by atoms with van der Waals surface area (Å²) in [6.45, 7) is 1.56. The van der Waals surface area contributed by atoms with Crippen LogP contribution in [-0.2, 0) is 32.1 Å². The molecule has 0 saturated heterocycles. The number of hydrogen-bond acceptors (Lipinski definition) is 6. The molecule has 0 spiro atoms. The summed E-state index contributed by atoms with van der Waals surface area (Å²) in [4.78, 5) is 35.9. The second-order valence-corrected chi connectivity index (χ2v) is 13.9. The number of nitrogens with one attached hydrogen (secondary N) is 1. The molecule has 0 aliphatic heterocycles. The van der Waals surface area contributed by atoms with E-state index in [1.807, 2.05) is 31.2 Å². The molecule has 0 amide bonds. The van der Waals surface area contributed by atoms with Crippen LogP contribution >= 0.6 is 15.9 Å². The van der Waals surface area contributed by atoms with Crippen LogP contribution in [0.2, 0.25) is 0 Å². The van der Waals surface area contributed by atoms with Gasteiger partial charge in [-0.2, -0.15) is 23.7 Å². The van der Waals surface area contributed by atoms with Crippen molar-refractivity contribution in [3.63, 3.8) is 0 Å². The molecule has 302 valence electrons. The summed E-state index contributed by atoms with van der Waals surface area (Å²) in [7, 11) is 3.13. The van der Waals surface area contributed by atoms with Crippen molar-refractivity contribution in [1.29, 1.82) is 10.5 Å². The van der Waals surface area contributed by atoms with Gasteiger partial charge in [-0.3, -0.25) is 13.7 Å². The van der Waals surface area contributed by atoms with E-state index in [2.05, 4.69) is 43.0 Å². The molecule has 8 rings (SSSR count). The number of nitrogens with zero attached hydrogens (tertiary/aromatic N) is 7. The van der Waals surface area contributed by atoms with E-state index in [-0.39, 0.29) is 29.3 Å². The molecule has 1 N–H and O–H groups in total. The molecule has 0 fully saturated rings. The van der Waals surface area contributed by atoms with E-state index in [1.54, 1.807) is 67.7 Å².